The Morgan fingerprint density at radius 1 is 1.27 bits per heavy atom. The van der Waals surface area contributed by atoms with Crippen molar-refractivity contribution >= 4 is 40.9 Å². The summed E-state index contributed by atoms with van der Waals surface area (Å²) in [6.07, 6.45) is 7.50. The first-order valence-corrected chi connectivity index (χ1v) is 12.5. The van der Waals surface area contributed by atoms with Crippen molar-refractivity contribution in [1.29, 1.82) is 0 Å². The van der Waals surface area contributed by atoms with Crippen LogP contribution in [0.5, 0.6) is 0 Å². The van der Waals surface area contributed by atoms with E-state index in [1.165, 1.54) is 11.3 Å². The Kier molecular flexibility index (Phi) is 6.56. The Labute approximate surface area is 200 Å². The lowest BCUT2D eigenvalue weighted by Gasteiger charge is -2.42. The SMILES string of the molecule is O=CC(NC(=O)c1ccc(-c2ncccn2)s1)C1CCCC[C@@H]1N1C[C@H](Cl)[C@H]2OCC(=O)[C@H]21. The maximum absolute atomic E-state index is 13.0. The average molecular weight is 489 g/mol. The first-order chi connectivity index (χ1) is 16.1. The number of aromatic nitrogens is 2. The van der Waals surface area contributed by atoms with Crippen LogP contribution in [-0.2, 0) is 14.3 Å². The first-order valence-electron chi connectivity index (χ1n) is 11.2. The number of nitrogens with zero attached hydrogens (tertiary/aromatic N) is 3. The van der Waals surface area contributed by atoms with E-state index in [9.17, 15) is 14.4 Å². The summed E-state index contributed by atoms with van der Waals surface area (Å²) in [5, 5.41) is 2.69. The summed E-state index contributed by atoms with van der Waals surface area (Å²) >= 11 is 7.79. The summed E-state index contributed by atoms with van der Waals surface area (Å²) in [6, 6.07) is 4.26. The number of hydrogen-bond donors (Lipinski definition) is 1. The predicted molar refractivity (Wildman–Crippen MR) is 123 cm³/mol. The number of Topliss-reactive ketones (excluding diaryl/α,β-unsaturated/α-hetero) is 1. The maximum atomic E-state index is 13.0. The van der Waals surface area contributed by atoms with E-state index in [0.29, 0.717) is 17.2 Å². The van der Waals surface area contributed by atoms with Crippen LogP contribution >= 0.6 is 22.9 Å². The normalized spacial score (nSPS) is 30.7. The second-order valence-electron chi connectivity index (χ2n) is 8.79. The van der Waals surface area contributed by atoms with Gasteiger partial charge in [0.05, 0.1) is 33.3 Å². The zero-order valence-electron chi connectivity index (χ0n) is 17.9. The average Bonchev–Trinajstić information content (AvgIpc) is 3.56. The van der Waals surface area contributed by atoms with Gasteiger partial charge in [-0.25, -0.2) is 9.97 Å². The molecule has 2 aliphatic heterocycles. The van der Waals surface area contributed by atoms with Crippen molar-refractivity contribution in [2.24, 2.45) is 5.92 Å². The van der Waals surface area contributed by atoms with E-state index >= 15 is 0 Å². The Hall–Kier alpha value is -2.20. The van der Waals surface area contributed by atoms with Gasteiger partial charge < -0.3 is 14.8 Å². The molecule has 10 heteroatoms. The lowest BCUT2D eigenvalue weighted by molar-refractivity contribution is -0.122. The van der Waals surface area contributed by atoms with E-state index in [-0.39, 0.29) is 47.8 Å². The van der Waals surface area contributed by atoms with Gasteiger partial charge in [-0.3, -0.25) is 14.5 Å². The number of fused-ring (bicyclic) bond motifs is 1. The van der Waals surface area contributed by atoms with Gasteiger partial charge in [-0.1, -0.05) is 12.8 Å². The fourth-order valence-corrected chi connectivity index (χ4v) is 6.64. The molecule has 3 fully saturated rings. The van der Waals surface area contributed by atoms with Crippen LogP contribution in [0.4, 0.5) is 0 Å². The number of nitrogens with one attached hydrogen (secondary N) is 1. The molecule has 1 amide bonds. The standard InChI is InChI=1S/C23H25ClN4O4S/c24-14-10-28(20-17(30)12-32-21(14)20)16-5-2-1-4-13(16)15(11-29)27-23(31)19-7-6-18(33-19)22-25-8-3-9-26-22/h3,6-9,11,13-16,20-21H,1-2,4-5,10,12H2,(H,27,31)/t13?,14-,15?,16-,20+,21+/m0/s1. The largest absolute Gasteiger partial charge is 0.367 e. The minimum atomic E-state index is -0.647. The number of ketones is 1. The Balaban J connectivity index is 1.32. The molecule has 2 unspecified atom stereocenters. The summed E-state index contributed by atoms with van der Waals surface area (Å²) in [4.78, 5) is 49.5. The molecule has 2 aromatic rings. The van der Waals surface area contributed by atoms with Crippen molar-refractivity contribution in [3.05, 3.63) is 35.5 Å². The molecule has 6 atom stereocenters. The molecule has 174 valence electrons. The Bertz CT molecular complexity index is 1030. The van der Waals surface area contributed by atoms with Gasteiger partial charge in [0.25, 0.3) is 5.91 Å². The molecule has 8 nitrogen and oxygen atoms in total. The van der Waals surface area contributed by atoms with Crippen molar-refractivity contribution in [2.75, 3.05) is 13.2 Å². The van der Waals surface area contributed by atoms with Gasteiger partial charge in [0.1, 0.15) is 12.9 Å². The molecule has 1 N–H and O–H groups in total. The predicted octanol–water partition coefficient (Wildman–Crippen LogP) is 2.32. The maximum Gasteiger partial charge on any atom is 0.261 e. The molecule has 0 spiro atoms. The van der Waals surface area contributed by atoms with E-state index in [0.717, 1.165) is 36.8 Å². The third-order valence-corrected chi connectivity index (χ3v) is 8.35. The van der Waals surface area contributed by atoms with Crippen molar-refractivity contribution in [1.82, 2.24) is 20.2 Å². The molecule has 3 aliphatic rings. The second-order valence-corrected chi connectivity index (χ2v) is 10.4. The molecular weight excluding hydrogens is 464 g/mol. The summed E-state index contributed by atoms with van der Waals surface area (Å²) in [7, 11) is 0. The van der Waals surface area contributed by atoms with Gasteiger partial charge >= 0.3 is 0 Å². The van der Waals surface area contributed by atoms with Gasteiger partial charge in [-0.15, -0.1) is 22.9 Å². The van der Waals surface area contributed by atoms with Crippen LogP contribution < -0.4 is 5.32 Å². The molecule has 2 aromatic heterocycles. The number of alkyl halides is 1. The summed E-state index contributed by atoms with van der Waals surface area (Å²) in [5.74, 6) is 0.225. The number of ether oxygens (including phenoxy) is 1. The second kappa shape index (κ2) is 9.58. The minimum Gasteiger partial charge on any atom is -0.367 e. The zero-order chi connectivity index (χ0) is 22.9. The third kappa shape index (κ3) is 4.35. The van der Waals surface area contributed by atoms with E-state index in [4.69, 9.17) is 16.3 Å². The number of amides is 1. The van der Waals surface area contributed by atoms with Crippen molar-refractivity contribution in [2.45, 2.75) is 55.3 Å². The lowest BCUT2D eigenvalue weighted by Crippen LogP contribution is -2.55. The van der Waals surface area contributed by atoms with Crippen molar-refractivity contribution in [3.63, 3.8) is 0 Å². The fraction of sp³-hybridized carbons (Fsp3) is 0.522. The summed E-state index contributed by atoms with van der Waals surface area (Å²) in [6.45, 7) is 0.640. The molecule has 0 radical (unpaired) electrons. The number of likely N-dealkylation sites (tertiary alicyclic amines) is 1. The highest BCUT2D eigenvalue weighted by Gasteiger charge is 2.53. The van der Waals surface area contributed by atoms with Gasteiger partial charge in [-0.2, -0.15) is 0 Å². The van der Waals surface area contributed by atoms with Gasteiger partial charge in [-0.05, 0) is 31.0 Å². The van der Waals surface area contributed by atoms with Gasteiger partial charge in [0, 0.05) is 30.9 Å². The molecule has 33 heavy (non-hydrogen) atoms. The molecular formula is C23H25ClN4O4S. The number of carbonyl (C=O) groups excluding carboxylic acids is 3. The smallest absolute Gasteiger partial charge is 0.261 e. The van der Waals surface area contributed by atoms with Crippen molar-refractivity contribution in [3.8, 4) is 10.7 Å². The minimum absolute atomic E-state index is 0.00670. The number of hydrogen-bond acceptors (Lipinski definition) is 8. The summed E-state index contributed by atoms with van der Waals surface area (Å²) in [5.41, 5.74) is 0. The highest BCUT2D eigenvalue weighted by Crippen LogP contribution is 2.39. The van der Waals surface area contributed by atoms with E-state index < -0.39 is 6.04 Å². The lowest BCUT2D eigenvalue weighted by atomic mass is 9.78. The number of rotatable bonds is 6. The van der Waals surface area contributed by atoms with Gasteiger partial charge in [0.15, 0.2) is 11.6 Å². The van der Waals surface area contributed by atoms with E-state index in [1.807, 2.05) is 6.07 Å². The van der Waals surface area contributed by atoms with Crippen LogP contribution in [0.2, 0.25) is 0 Å². The quantitative estimate of drug-likeness (QED) is 0.491. The fourth-order valence-electron chi connectivity index (χ4n) is 5.42. The zero-order valence-corrected chi connectivity index (χ0v) is 19.5. The molecule has 2 saturated heterocycles. The number of halogens is 1. The molecule has 0 aromatic carbocycles. The first kappa shape index (κ1) is 22.6. The molecule has 5 rings (SSSR count). The van der Waals surface area contributed by atoms with Crippen LogP contribution in [-0.4, -0.2) is 75.6 Å². The molecule has 4 heterocycles. The van der Waals surface area contributed by atoms with Crippen LogP contribution in [0.3, 0.4) is 0 Å². The monoisotopic (exact) mass is 488 g/mol. The van der Waals surface area contributed by atoms with Crippen LogP contribution in [0, 0.1) is 5.92 Å². The topological polar surface area (TPSA) is 101 Å². The molecule has 1 aliphatic carbocycles. The number of aldehydes is 1. The van der Waals surface area contributed by atoms with Crippen LogP contribution in [0.1, 0.15) is 35.4 Å². The molecule has 1 saturated carbocycles. The van der Waals surface area contributed by atoms with Crippen molar-refractivity contribution < 1.29 is 19.1 Å². The summed E-state index contributed by atoms with van der Waals surface area (Å²) < 4.78 is 5.63. The van der Waals surface area contributed by atoms with Crippen LogP contribution in [0.15, 0.2) is 30.6 Å². The highest BCUT2D eigenvalue weighted by molar-refractivity contribution is 7.17. The third-order valence-electron chi connectivity index (χ3n) is 6.89. The Morgan fingerprint density at radius 2 is 2.06 bits per heavy atom. The number of carbonyl (C=O) groups is 3. The van der Waals surface area contributed by atoms with E-state index in [2.05, 4.69) is 20.2 Å². The Morgan fingerprint density at radius 3 is 2.85 bits per heavy atom. The number of thiophene rings is 1. The highest BCUT2D eigenvalue weighted by atomic mass is 35.5. The molecule has 0 bridgehead atoms. The van der Waals surface area contributed by atoms with Gasteiger partial charge in [0.2, 0.25) is 0 Å². The van der Waals surface area contributed by atoms with Crippen LogP contribution in [0.25, 0.3) is 10.7 Å². The van der Waals surface area contributed by atoms with E-state index in [1.54, 1.807) is 24.5 Å².